The highest BCUT2D eigenvalue weighted by Crippen LogP contribution is 2.30. The lowest BCUT2D eigenvalue weighted by Gasteiger charge is -2.07. The van der Waals surface area contributed by atoms with Crippen molar-refractivity contribution < 1.29 is 8.81 Å². The molecule has 23 heavy (non-hydrogen) atoms. The standard InChI is InChI=1S/C17H13FN4O/c18-13-5-3-10(4-6-13)11-1-2-12-8-16(23-15(12)7-11)17-14(9-19)20-22-21-17/h1-8,14,17,20-22H. The van der Waals surface area contributed by atoms with Crippen molar-refractivity contribution in [1.29, 1.82) is 5.26 Å². The number of fused-ring (bicyclic) bond motifs is 1. The number of nitrogens with one attached hydrogen (secondary N) is 3. The van der Waals surface area contributed by atoms with Gasteiger partial charge >= 0.3 is 0 Å². The van der Waals surface area contributed by atoms with E-state index < -0.39 is 6.04 Å². The van der Waals surface area contributed by atoms with Crippen molar-refractivity contribution in [3.63, 3.8) is 0 Å². The van der Waals surface area contributed by atoms with Gasteiger partial charge in [-0.1, -0.05) is 24.3 Å². The summed E-state index contributed by atoms with van der Waals surface area (Å²) in [6, 6.07) is 15.6. The van der Waals surface area contributed by atoms with Gasteiger partial charge in [-0.05, 0) is 35.4 Å². The molecule has 0 saturated carbocycles. The number of hydrogen-bond donors (Lipinski definition) is 3. The van der Waals surface area contributed by atoms with E-state index in [0.29, 0.717) is 5.76 Å². The maximum absolute atomic E-state index is 13.0. The third kappa shape index (κ3) is 2.47. The molecule has 0 spiro atoms. The first-order valence-electron chi connectivity index (χ1n) is 7.20. The molecule has 1 aliphatic rings. The van der Waals surface area contributed by atoms with Gasteiger partial charge in [0.05, 0.1) is 6.07 Å². The van der Waals surface area contributed by atoms with E-state index in [1.807, 2.05) is 24.3 Å². The van der Waals surface area contributed by atoms with Gasteiger partial charge in [0, 0.05) is 5.39 Å². The molecule has 2 atom stereocenters. The fraction of sp³-hybridized carbons (Fsp3) is 0.118. The van der Waals surface area contributed by atoms with Gasteiger partial charge in [0.25, 0.3) is 0 Å². The Balaban J connectivity index is 1.72. The first-order valence-corrected chi connectivity index (χ1v) is 7.20. The summed E-state index contributed by atoms with van der Waals surface area (Å²) >= 11 is 0. The fourth-order valence-corrected chi connectivity index (χ4v) is 2.73. The second-order valence-corrected chi connectivity index (χ2v) is 5.41. The van der Waals surface area contributed by atoms with Crippen molar-refractivity contribution in [1.82, 2.24) is 16.4 Å². The number of rotatable bonds is 2. The van der Waals surface area contributed by atoms with Crippen molar-refractivity contribution in [2.75, 3.05) is 0 Å². The van der Waals surface area contributed by atoms with E-state index >= 15 is 0 Å². The Morgan fingerprint density at radius 3 is 2.57 bits per heavy atom. The second-order valence-electron chi connectivity index (χ2n) is 5.41. The molecular formula is C17H13FN4O. The summed E-state index contributed by atoms with van der Waals surface area (Å²) in [5.74, 6) is 0.422. The van der Waals surface area contributed by atoms with Gasteiger partial charge in [0.1, 0.15) is 29.2 Å². The first kappa shape index (κ1) is 13.9. The normalized spacial score (nSPS) is 20.7. The van der Waals surface area contributed by atoms with E-state index in [2.05, 4.69) is 22.5 Å². The molecule has 0 radical (unpaired) electrons. The average molecular weight is 308 g/mol. The maximum atomic E-state index is 13.0. The predicted molar refractivity (Wildman–Crippen MR) is 83.2 cm³/mol. The molecule has 2 unspecified atom stereocenters. The minimum Gasteiger partial charge on any atom is -0.459 e. The van der Waals surface area contributed by atoms with Crippen LogP contribution in [0.5, 0.6) is 0 Å². The van der Waals surface area contributed by atoms with Gasteiger partial charge in [-0.2, -0.15) is 10.8 Å². The Hall–Kier alpha value is -2.72. The Bertz CT molecular complexity index is 897. The van der Waals surface area contributed by atoms with Crippen LogP contribution in [-0.4, -0.2) is 6.04 Å². The van der Waals surface area contributed by atoms with E-state index in [0.717, 1.165) is 22.1 Å². The van der Waals surface area contributed by atoms with Gasteiger partial charge in [0.15, 0.2) is 0 Å². The molecule has 5 nitrogen and oxygen atoms in total. The monoisotopic (exact) mass is 308 g/mol. The Morgan fingerprint density at radius 2 is 1.78 bits per heavy atom. The molecule has 4 rings (SSSR count). The summed E-state index contributed by atoms with van der Waals surface area (Å²) in [7, 11) is 0. The molecule has 6 heteroatoms. The van der Waals surface area contributed by atoms with Crippen LogP contribution in [0.15, 0.2) is 52.9 Å². The molecule has 0 bridgehead atoms. The molecular weight excluding hydrogens is 295 g/mol. The zero-order valence-corrected chi connectivity index (χ0v) is 12.0. The minimum absolute atomic E-state index is 0.259. The lowest BCUT2D eigenvalue weighted by atomic mass is 10.0. The highest BCUT2D eigenvalue weighted by atomic mass is 19.1. The maximum Gasteiger partial charge on any atom is 0.134 e. The molecule has 2 aromatic carbocycles. The third-order valence-electron chi connectivity index (χ3n) is 3.95. The van der Waals surface area contributed by atoms with Crippen LogP contribution in [0.4, 0.5) is 4.39 Å². The van der Waals surface area contributed by atoms with Crippen LogP contribution in [0, 0.1) is 17.1 Å². The summed E-state index contributed by atoms with van der Waals surface area (Å²) in [4.78, 5) is 0. The number of hydrogen-bond acceptors (Lipinski definition) is 5. The topological polar surface area (TPSA) is 73.0 Å². The molecule has 0 aliphatic carbocycles. The van der Waals surface area contributed by atoms with Gasteiger partial charge in [0.2, 0.25) is 0 Å². The van der Waals surface area contributed by atoms with Crippen LogP contribution in [0.2, 0.25) is 0 Å². The first-order chi connectivity index (χ1) is 11.2. The third-order valence-corrected chi connectivity index (χ3v) is 3.95. The van der Waals surface area contributed by atoms with Crippen LogP contribution >= 0.6 is 0 Å². The Labute approximate surface area is 131 Å². The zero-order valence-electron chi connectivity index (χ0n) is 12.0. The molecule has 3 aromatic rings. The van der Waals surface area contributed by atoms with Gasteiger partial charge in [-0.15, -0.1) is 0 Å². The number of hydrazine groups is 2. The molecule has 2 heterocycles. The average Bonchev–Trinajstić information content (AvgIpc) is 3.20. The van der Waals surface area contributed by atoms with E-state index in [9.17, 15) is 4.39 Å². The number of nitriles is 1. The van der Waals surface area contributed by atoms with Gasteiger partial charge < -0.3 is 4.42 Å². The van der Waals surface area contributed by atoms with E-state index in [-0.39, 0.29) is 11.9 Å². The molecule has 114 valence electrons. The van der Waals surface area contributed by atoms with Gasteiger partial charge in [-0.25, -0.2) is 15.2 Å². The molecule has 1 aliphatic heterocycles. The molecule has 0 amide bonds. The second kappa shape index (κ2) is 5.48. The predicted octanol–water partition coefficient (Wildman–Crippen LogP) is 2.78. The summed E-state index contributed by atoms with van der Waals surface area (Å²) in [5.41, 5.74) is 11.1. The largest absolute Gasteiger partial charge is 0.459 e. The molecule has 1 aromatic heterocycles. The smallest absolute Gasteiger partial charge is 0.134 e. The number of nitrogens with zero attached hydrogens (tertiary/aromatic N) is 1. The van der Waals surface area contributed by atoms with E-state index in [4.69, 9.17) is 9.68 Å². The lowest BCUT2D eigenvalue weighted by Crippen LogP contribution is -2.32. The molecule has 3 N–H and O–H groups in total. The summed E-state index contributed by atoms with van der Waals surface area (Å²) in [5, 5.41) is 10.1. The van der Waals surface area contributed by atoms with Crippen LogP contribution in [0.3, 0.4) is 0 Å². The molecule has 1 fully saturated rings. The van der Waals surface area contributed by atoms with Crippen LogP contribution in [0.25, 0.3) is 22.1 Å². The number of benzene rings is 2. The summed E-state index contributed by atoms with van der Waals surface area (Å²) in [6.07, 6.45) is 0. The van der Waals surface area contributed by atoms with Crippen molar-refractivity contribution >= 4 is 11.0 Å². The van der Waals surface area contributed by atoms with Crippen LogP contribution in [-0.2, 0) is 0 Å². The van der Waals surface area contributed by atoms with Crippen molar-refractivity contribution in [3.05, 3.63) is 60.1 Å². The van der Waals surface area contributed by atoms with Crippen LogP contribution in [0.1, 0.15) is 11.8 Å². The fourth-order valence-electron chi connectivity index (χ4n) is 2.73. The minimum atomic E-state index is -0.410. The zero-order chi connectivity index (χ0) is 15.8. The van der Waals surface area contributed by atoms with E-state index in [1.165, 1.54) is 12.1 Å². The molecule has 1 saturated heterocycles. The Kier molecular flexibility index (Phi) is 3.32. The van der Waals surface area contributed by atoms with E-state index in [1.54, 1.807) is 12.1 Å². The Morgan fingerprint density at radius 1 is 1.00 bits per heavy atom. The van der Waals surface area contributed by atoms with Gasteiger partial charge in [-0.3, -0.25) is 0 Å². The number of furan rings is 1. The highest BCUT2D eigenvalue weighted by molar-refractivity contribution is 5.83. The van der Waals surface area contributed by atoms with Crippen LogP contribution < -0.4 is 16.4 Å². The highest BCUT2D eigenvalue weighted by Gasteiger charge is 2.30. The SMILES string of the molecule is N#CC1NNNC1c1cc2ccc(-c3ccc(F)cc3)cc2o1. The number of halogens is 1. The van der Waals surface area contributed by atoms with Crippen molar-refractivity contribution in [2.45, 2.75) is 12.1 Å². The summed E-state index contributed by atoms with van der Waals surface area (Å²) in [6.45, 7) is 0. The quantitative estimate of drug-likeness (QED) is 0.679. The summed E-state index contributed by atoms with van der Waals surface area (Å²) < 4.78 is 18.9. The van der Waals surface area contributed by atoms with Crippen molar-refractivity contribution in [3.8, 4) is 17.2 Å². The lowest BCUT2D eigenvalue weighted by molar-refractivity contribution is 0.451. The van der Waals surface area contributed by atoms with Crippen molar-refractivity contribution in [2.24, 2.45) is 0 Å².